The van der Waals surface area contributed by atoms with Crippen LogP contribution in [0, 0.1) is 0 Å². The van der Waals surface area contributed by atoms with E-state index < -0.39 is 0 Å². The number of hydrogen-bond donors (Lipinski definition) is 2. The van der Waals surface area contributed by atoms with Gasteiger partial charge in [0, 0.05) is 25.7 Å². The minimum absolute atomic E-state index is 0.313. The maximum Gasteiger partial charge on any atom is 0.124 e. The van der Waals surface area contributed by atoms with Crippen LogP contribution in [-0.4, -0.2) is 48.2 Å². The zero-order valence-corrected chi connectivity index (χ0v) is 12.1. The summed E-state index contributed by atoms with van der Waals surface area (Å²) in [7, 11) is 1.69. The number of imidazole rings is 1. The van der Waals surface area contributed by atoms with Crippen LogP contribution in [0.15, 0.2) is 18.2 Å². The van der Waals surface area contributed by atoms with Crippen LogP contribution in [0.2, 0.25) is 0 Å². The van der Waals surface area contributed by atoms with Gasteiger partial charge in [0.25, 0.3) is 0 Å². The maximum atomic E-state index is 5.26. The lowest BCUT2D eigenvalue weighted by molar-refractivity contribution is 0.218. The van der Waals surface area contributed by atoms with Crippen molar-refractivity contribution in [3.8, 4) is 5.75 Å². The molecule has 2 N–H and O–H groups in total. The molecule has 2 aromatic rings. The molecule has 0 bridgehead atoms. The molecule has 3 rings (SSSR count). The Labute approximate surface area is 119 Å². The predicted molar refractivity (Wildman–Crippen MR) is 80.1 cm³/mol. The topological polar surface area (TPSA) is 53.2 Å². The first-order valence-electron chi connectivity index (χ1n) is 7.26. The smallest absolute Gasteiger partial charge is 0.124 e. The Morgan fingerprint density at radius 2 is 2.20 bits per heavy atom. The number of nitrogens with one attached hydrogen (secondary N) is 2. The van der Waals surface area contributed by atoms with Gasteiger partial charge in [-0.05, 0) is 32.0 Å². The van der Waals surface area contributed by atoms with Crippen LogP contribution in [-0.2, 0) is 0 Å². The molecule has 0 radical (unpaired) electrons. The summed E-state index contributed by atoms with van der Waals surface area (Å²) in [5.41, 5.74) is 2.04. The third-order valence-electron chi connectivity index (χ3n) is 4.03. The number of hydrogen-bond acceptors (Lipinski definition) is 4. The predicted octanol–water partition coefficient (Wildman–Crippen LogP) is 1.93. The SMILES string of the molecule is COc1ccc2nc(C(C)N3CCCNCC3)[nH]c2c1. The molecule has 1 aliphatic rings. The van der Waals surface area contributed by atoms with Gasteiger partial charge < -0.3 is 15.0 Å². The van der Waals surface area contributed by atoms with Gasteiger partial charge in [-0.3, -0.25) is 4.90 Å². The van der Waals surface area contributed by atoms with E-state index in [-0.39, 0.29) is 0 Å². The van der Waals surface area contributed by atoms with Crippen LogP contribution in [0.5, 0.6) is 5.75 Å². The summed E-state index contributed by atoms with van der Waals surface area (Å²) < 4.78 is 5.26. The normalized spacial score (nSPS) is 18.9. The van der Waals surface area contributed by atoms with Gasteiger partial charge in [-0.1, -0.05) is 0 Å². The third-order valence-corrected chi connectivity index (χ3v) is 4.03. The minimum atomic E-state index is 0.313. The van der Waals surface area contributed by atoms with Gasteiger partial charge in [0.2, 0.25) is 0 Å². The molecule has 1 unspecified atom stereocenters. The van der Waals surface area contributed by atoms with E-state index in [0.717, 1.165) is 48.8 Å². The van der Waals surface area contributed by atoms with Crippen molar-refractivity contribution in [2.75, 3.05) is 33.3 Å². The Morgan fingerprint density at radius 3 is 3.05 bits per heavy atom. The van der Waals surface area contributed by atoms with Crippen molar-refractivity contribution in [3.63, 3.8) is 0 Å². The van der Waals surface area contributed by atoms with Crippen molar-refractivity contribution < 1.29 is 4.74 Å². The molecule has 1 atom stereocenters. The second kappa shape index (κ2) is 5.81. The van der Waals surface area contributed by atoms with E-state index in [1.807, 2.05) is 18.2 Å². The molecule has 2 heterocycles. The van der Waals surface area contributed by atoms with Gasteiger partial charge in [0.1, 0.15) is 11.6 Å². The van der Waals surface area contributed by atoms with E-state index in [2.05, 4.69) is 22.1 Å². The average Bonchev–Trinajstić information content (AvgIpc) is 2.71. The highest BCUT2D eigenvalue weighted by molar-refractivity contribution is 5.76. The zero-order chi connectivity index (χ0) is 13.9. The van der Waals surface area contributed by atoms with E-state index in [9.17, 15) is 0 Å². The van der Waals surface area contributed by atoms with E-state index in [1.165, 1.54) is 6.42 Å². The van der Waals surface area contributed by atoms with E-state index in [0.29, 0.717) is 6.04 Å². The molecule has 0 aliphatic carbocycles. The number of nitrogens with zero attached hydrogens (tertiary/aromatic N) is 2. The summed E-state index contributed by atoms with van der Waals surface area (Å²) in [6.07, 6.45) is 1.19. The fourth-order valence-electron chi connectivity index (χ4n) is 2.76. The van der Waals surface area contributed by atoms with Crippen molar-refractivity contribution in [1.82, 2.24) is 20.2 Å². The first-order chi connectivity index (χ1) is 9.78. The van der Waals surface area contributed by atoms with Crippen molar-refractivity contribution in [3.05, 3.63) is 24.0 Å². The molecule has 1 fully saturated rings. The average molecular weight is 274 g/mol. The molecule has 0 saturated carbocycles. The summed E-state index contributed by atoms with van der Waals surface area (Å²) in [6.45, 7) is 6.58. The molecule has 5 nitrogen and oxygen atoms in total. The highest BCUT2D eigenvalue weighted by Gasteiger charge is 2.20. The fourth-order valence-corrected chi connectivity index (χ4v) is 2.76. The van der Waals surface area contributed by atoms with Gasteiger partial charge >= 0.3 is 0 Å². The van der Waals surface area contributed by atoms with E-state index in [4.69, 9.17) is 9.72 Å². The molecule has 1 aromatic heterocycles. The number of ether oxygens (including phenoxy) is 1. The van der Waals surface area contributed by atoms with Gasteiger partial charge in [-0.15, -0.1) is 0 Å². The lowest BCUT2D eigenvalue weighted by Gasteiger charge is -2.25. The van der Waals surface area contributed by atoms with Crippen molar-refractivity contribution in [1.29, 1.82) is 0 Å². The molecule has 1 aliphatic heterocycles. The van der Waals surface area contributed by atoms with Gasteiger partial charge in [0.15, 0.2) is 0 Å². The second-order valence-corrected chi connectivity index (χ2v) is 5.32. The van der Waals surface area contributed by atoms with Crippen LogP contribution >= 0.6 is 0 Å². The first kappa shape index (κ1) is 13.4. The Balaban J connectivity index is 1.84. The summed E-state index contributed by atoms with van der Waals surface area (Å²) in [5.74, 6) is 1.90. The summed E-state index contributed by atoms with van der Waals surface area (Å²) >= 11 is 0. The zero-order valence-electron chi connectivity index (χ0n) is 12.1. The van der Waals surface area contributed by atoms with E-state index in [1.54, 1.807) is 7.11 Å². The lowest BCUT2D eigenvalue weighted by Crippen LogP contribution is -2.31. The third kappa shape index (κ3) is 2.64. The Bertz CT molecular complexity index is 572. The maximum absolute atomic E-state index is 5.26. The number of aromatic amines is 1. The number of aromatic nitrogens is 2. The number of fused-ring (bicyclic) bond motifs is 1. The largest absolute Gasteiger partial charge is 0.497 e. The summed E-state index contributed by atoms with van der Waals surface area (Å²) in [6, 6.07) is 6.27. The highest BCUT2D eigenvalue weighted by Crippen LogP contribution is 2.24. The monoisotopic (exact) mass is 274 g/mol. The molecule has 108 valence electrons. The van der Waals surface area contributed by atoms with Crippen LogP contribution in [0.3, 0.4) is 0 Å². The number of benzene rings is 1. The number of rotatable bonds is 3. The Hall–Kier alpha value is -1.59. The molecule has 0 amide bonds. The van der Waals surface area contributed by atoms with E-state index >= 15 is 0 Å². The quantitative estimate of drug-likeness (QED) is 0.898. The Kier molecular flexibility index (Phi) is 3.89. The van der Waals surface area contributed by atoms with Crippen LogP contribution < -0.4 is 10.1 Å². The highest BCUT2D eigenvalue weighted by atomic mass is 16.5. The minimum Gasteiger partial charge on any atom is -0.497 e. The van der Waals surface area contributed by atoms with Crippen LogP contribution in [0.1, 0.15) is 25.2 Å². The number of methoxy groups -OCH3 is 1. The second-order valence-electron chi connectivity index (χ2n) is 5.32. The lowest BCUT2D eigenvalue weighted by atomic mass is 10.2. The van der Waals surface area contributed by atoms with Gasteiger partial charge in [-0.2, -0.15) is 0 Å². The molecule has 1 aromatic carbocycles. The Morgan fingerprint density at radius 1 is 1.30 bits per heavy atom. The van der Waals surface area contributed by atoms with Crippen molar-refractivity contribution in [2.24, 2.45) is 0 Å². The molecular formula is C15H22N4O. The van der Waals surface area contributed by atoms with Crippen LogP contribution in [0.4, 0.5) is 0 Å². The van der Waals surface area contributed by atoms with Crippen molar-refractivity contribution >= 4 is 11.0 Å². The van der Waals surface area contributed by atoms with Crippen LogP contribution in [0.25, 0.3) is 11.0 Å². The molecule has 1 saturated heterocycles. The molecule has 5 heteroatoms. The summed E-state index contributed by atoms with van der Waals surface area (Å²) in [4.78, 5) is 10.6. The van der Waals surface area contributed by atoms with Gasteiger partial charge in [-0.25, -0.2) is 4.98 Å². The summed E-state index contributed by atoms with van der Waals surface area (Å²) in [5, 5.41) is 3.44. The van der Waals surface area contributed by atoms with Gasteiger partial charge in [0.05, 0.1) is 24.2 Å². The molecular weight excluding hydrogens is 252 g/mol. The van der Waals surface area contributed by atoms with Crippen molar-refractivity contribution in [2.45, 2.75) is 19.4 Å². The first-order valence-corrected chi connectivity index (χ1v) is 7.26. The molecule has 0 spiro atoms. The number of H-pyrrole nitrogens is 1. The standard InChI is InChI=1S/C15H22N4O/c1-11(19-8-3-6-16-7-9-19)15-17-13-5-4-12(20-2)10-14(13)18-15/h4-5,10-11,16H,3,6-9H2,1-2H3,(H,17,18). The fraction of sp³-hybridized carbons (Fsp3) is 0.533. The molecule has 20 heavy (non-hydrogen) atoms.